The smallest absolute Gasteiger partial charge is 0.245 e. The lowest BCUT2D eigenvalue weighted by molar-refractivity contribution is -0.126. The summed E-state index contributed by atoms with van der Waals surface area (Å²) in [6.45, 7) is 3.11. The molecule has 0 saturated carbocycles. The van der Waals surface area contributed by atoms with Crippen molar-refractivity contribution in [3.63, 3.8) is 0 Å². The van der Waals surface area contributed by atoms with Crippen LogP contribution in [-0.4, -0.2) is 43.0 Å². The Morgan fingerprint density at radius 2 is 2.00 bits per heavy atom. The van der Waals surface area contributed by atoms with Gasteiger partial charge in [0.15, 0.2) is 0 Å². The molecule has 1 amide bonds. The minimum Gasteiger partial charge on any atom is -0.328 e. The second-order valence-electron chi connectivity index (χ2n) is 4.69. The molecule has 2 rings (SSSR count). The SMILES string of the molecule is CC1CN(c2ccc(Cl)cc2)C(=O)C(CN)N1C. The first-order valence-corrected chi connectivity index (χ1v) is 6.41. The minimum absolute atomic E-state index is 0.0559. The molecule has 1 aromatic carbocycles. The third-order valence-electron chi connectivity index (χ3n) is 3.55. The molecule has 1 heterocycles. The topological polar surface area (TPSA) is 49.6 Å². The molecule has 0 aromatic heterocycles. The summed E-state index contributed by atoms with van der Waals surface area (Å²) in [5.74, 6) is 0.0559. The molecule has 1 aromatic rings. The fourth-order valence-corrected chi connectivity index (χ4v) is 2.39. The lowest BCUT2D eigenvalue weighted by Crippen LogP contribution is -2.62. The number of nitrogens with two attached hydrogens (primary N) is 1. The van der Waals surface area contributed by atoms with Crippen LogP contribution in [0.15, 0.2) is 24.3 Å². The lowest BCUT2D eigenvalue weighted by atomic mass is 10.1. The van der Waals surface area contributed by atoms with Crippen LogP contribution in [0.3, 0.4) is 0 Å². The van der Waals surface area contributed by atoms with Gasteiger partial charge in [-0.3, -0.25) is 9.69 Å². The van der Waals surface area contributed by atoms with E-state index in [1.807, 2.05) is 24.1 Å². The highest BCUT2D eigenvalue weighted by Crippen LogP contribution is 2.23. The maximum absolute atomic E-state index is 12.4. The van der Waals surface area contributed by atoms with E-state index < -0.39 is 0 Å². The highest BCUT2D eigenvalue weighted by atomic mass is 35.5. The number of piperazine rings is 1. The Balaban J connectivity index is 2.28. The van der Waals surface area contributed by atoms with Crippen molar-refractivity contribution in [1.29, 1.82) is 0 Å². The van der Waals surface area contributed by atoms with Crippen LogP contribution in [0.5, 0.6) is 0 Å². The van der Waals surface area contributed by atoms with Gasteiger partial charge in [0.2, 0.25) is 5.91 Å². The largest absolute Gasteiger partial charge is 0.328 e. The van der Waals surface area contributed by atoms with Gasteiger partial charge in [-0.05, 0) is 38.2 Å². The summed E-state index contributed by atoms with van der Waals surface area (Å²) in [7, 11) is 1.94. The molecule has 1 aliphatic rings. The van der Waals surface area contributed by atoms with E-state index in [9.17, 15) is 4.79 Å². The molecule has 1 fully saturated rings. The maximum Gasteiger partial charge on any atom is 0.245 e. The first-order valence-electron chi connectivity index (χ1n) is 6.03. The van der Waals surface area contributed by atoms with Gasteiger partial charge in [-0.1, -0.05) is 11.6 Å². The summed E-state index contributed by atoms with van der Waals surface area (Å²) in [4.78, 5) is 16.2. The van der Waals surface area contributed by atoms with Gasteiger partial charge in [0.1, 0.15) is 6.04 Å². The van der Waals surface area contributed by atoms with E-state index in [-0.39, 0.29) is 18.0 Å². The van der Waals surface area contributed by atoms with Gasteiger partial charge in [0.25, 0.3) is 0 Å². The number of amides is 1. The van der Waals surface area contributed by atoms with Gasteiger partial charge >= 0.3 is 0 Å². The highest BCUT2D eigenvalue weighted by Gasteiger charge is 2.36. The molecule has 2 unspecified atom stereocenters. The Morgan fingerprint density at radius 1 is 1.39 bits per heavy atom. The average Bonchev–Trinajstić information content (AvgIpc) is 2.36. The summed E-state index contributed by atoms with van der Waals surface area (Å²) in [5.41, 5.74) is 6.58. The van der Waals surface area contributed by atoms with Crippen LogP contribution in [0, 0.1) is 0 Å². The Kier molecular flexibility index (Phi) is 3.90. The molecule has 2 N–H and O–H groups in total. The molecule has 0 spiro atoms. The number of anilines is 1. The van der Waals surface area contributed by atoms with Crippen LogP contribution >= 0.6 is 11.6 Å². The van der Waals surface area contributed by atoms with Crippen molar-refractivity contribution in [2.45, 2.75) is 19.0 Å². The molecule has 1 aliphatic heterocycles. The molecule has 4 nitrogen and oxygen atoms in total. The fourth-order valence-electron chi connectivity index (χ4n) is 2.27. The predicted octanol–water partition coefficient (Wildman–Crippen LogP) is 1.33. The van der Waals surface area contributed by atoms with Gasteiger partial charge < -0.3 is 10.6 Å². The predicted molar refractivity (Wildman–Crippen MR) is 73.9 cm³/mol. The third-order valence-corrected chi connectivity index (χ3v) is 3.80. The molecule has 5 heteroatoms. The zero-order chi connectivity index (χ0) is 13.3. The van der Waals surface area contributed by atoms with Crippen molar-refractivity contribution in [3.05, 3.63) is 29.3 Å². The second kappa shape index (κ2) is 5.26. The number of rotatable bonds is 2. The van der Waals surface area contributed by atoms with Crippen molar-refractivity contribution in [2.75, 3.05) is 25.0 Å². The van der Waals surface area contributed by atoms with Crippen LogP contribution in [0.1, 0.15) is 6.92 Å². The molecule has 18 heavy (non-hydrogen) atoms. The summed E-state index contributed by atoms with van der Waals surface area (Å²) >= 11 is 5.86. The van der Waals surface area contributed by atoms with Crippen LogP contribution in [0.25, 0.3) is 0 Å². The molecule has 2 atom stereocenters. The molecule has 0 aliphatic carbocycles. The lowest BCUT2D eigenvalue weighted by Gasteiger charge is -2.42. The Morgan fingerprint density at radius 3 is 2.56 bits per heavy atom. The molecular weight excluding hydrogens is 250 g/mol. The van der Waals surface area contributed by atoms with E-state index in [0.717, 1.165) is 5.69 Å². The quantitative estimate of drug-likeness (QED) is 0.880. The van der Waals surface area contributed by atoms with Crippen molar-refractivity contribution in [1.82, 2.24) is 4.90 Å². The molecule has 1 saturated heterocycles. The van der Waals surface area contributed by atoms with E-state index in [4.69, 9.17) is 17.3 Å². The fraction of sp³-hybridized carbons (Fsp3) is 0.462. The van der Waals surface area contributed by atoms with Gasteiger partial charge in [0, 0.05) is 29.8 Å². The number of halogens is 1. The van der Waals surface area contributed by atoms with E-state index in [0.29, 0.717) is 18.1 Å². The van der Waals surface area contributed by atoms with Crippen LogP contribution in [0.4, 0.5) is 5.69 Å². The van der Waals surface area contributed by atoms with Crippen molar-refractivity contribution in [2.24, 2.45) is 5.73 Å². The molecule has 0 bridgehead atoms. The number of hydrogen-bond donors (Lipinski definition) is 1. The van der Waals surface area contributed by atoms with Crippen molar-refractivity contribution < 1.29 is 4.79 Å². The van der Waals surface area contributed by atoms with Gasteiger partial charge in [-0.15, -0.1) is 0 Å². The Bertz CT molecular complexity index is 434. The Hall–Kier alpha value is -1.10. The van der Waals surface area contributed by atoms with E-state index >= 15 is 0 Å². The van der Waals surface area contributed by atoms with Crippen molar-refractivity contribution in [3.8, 4) is 0 Å². The van der Waals surface area contributed by atoms with Gasteiger partial charge in [-0.25, -0.2) is 0 Å². The average molecular weight is 268 g/mol. The number of nitrogens with zero attached hydrogens (tertiary/aromatic N) is 2. The monoisotopic (exact) mass is 267 g/mol. The zero-order valence-corrected chi connectivity index (χ0v) is 11.4. The normalized spacial score (nSPS) is 25.6. The second-order valence-corrected chi connectivity index (χ2v) is 5.13. The third kappa shape index (κ3) is 2.36. The number of benzene rings is 1. The zero-order valence-electron chi connectivity index (χ0n) is 10.6. The summed E-state index contributed by atoms with van der Waals surface area (Å²) in [5, 5.41) is 0.670. The standard InChI is InChI=1S/C13H18ClN3O/c1-9-8-17(11-5-3-10(14)4-6-11)13(18)12(7-15)16(9)2/h3-6,9,12H,7-8,15H2,1-2H3. The number of likely N-dealkylation sites (N-methyl/N-ethyl adjacent to an activating group) is 1. The number of carbonyl (C=O) groups excluding carboxylic acids is 1. The minimum atomic E-state index is -0.246. The van der Waals surface area contributed by atoms with E-state index in [1.165, 1.54) is 0 Å². The molecule has 0 radical (unpaired) electrons. The summed E-state index contributed by atoms with van der Waals surface area (Å²) in [6, 6.07) is 7.36. The molecular formula is C13H18ClN3O. The van der Waals surface area contributed by atoms with Gasteiger partial charge in [0.05, 0.1) is 0 Å². The Labute approximate surface area is 112 Å². The maximum atomic E-state index is 12.4. The summed E-state index contributed by atoms with van der Waals surface area (Å²) < 4.78 is 0. The highest BCUT2D eigenvalue weighted by molar-refractivity contribution is 6.30. The van der Waals surface area contributed by atoms with Gasteiger partial charge in [-0.2, -0.15) is 0 Å². The van der Waals surface area contributed by atoms with E-state index in [1.54, 1.807) is 17.0 Å². The summed E-state index contributed by atoms with van der Waals surface area (Å²) in [6.07, 6.45) is 0. The van der Waals surface area contributed by atoms with E-state index in [2.05, 4.69) is 6.92 Å². The van der Waals surface area contributed by atoms with Crippen LogP contribution < -0.4 is 10.6 Å². The number of hydrogen-bond acceptors (Lipinski definition) is 3. The van der Waals surface area contributed by atoms with Crippen molar-refractivity contribution >= 4 is 23.2 Å². The van der Waals surface area contributed by atoms with Crippen LogP contribution in [0.2, 0.25) is 5.02 Å². The van der Waals surface area contributed by atoms with Crippen LogP contribution in [-0.2, 0) is 4.79 Å². The number of carbonyl (C=O) groups is 1. The first kappa shape index (κ1) is 13.3. The molecule has 98 valence electrons. The first-order chi connectivity index (χ1) is 8.54.